The van der Waals surface area contributed by atoms with Crippen LogP contribution in [-0.2, 0) is 27.8 Å². The Labute approximate surface area is 174 Å². The van der Waals surface area contributed by atoms with E-state index in [2.05, 4.69) is 50.0 Å². The first-order valence-corrected chi connectivity index (χ1v) is 11.5. The number of hydrogen-bond acceptors (Lipinski definition) is 4. The second-order valence-electron chi connectivity index (χ2n) is 6.87. The number of anilines is 1. The number of halogens is 1. The Morgan fingerprint density at radius 2 is 1.93 bits per heavy atom. The van der Waals surface area contributed by atoms with Gasteiger partial charge in [0.25, 0.3) is 0 Å². The summed E-state index contributed by atoms with van der Waals surface area (Å²) in [7, 11) is -1.52. The van der Waals surface area contributed by atoms with E-state index in [0.717, 1.165) is 29.4 Å². The van der Waals surface area contributed by atoms with Crippen molar-refractivity contribution in [2.45, 2.75) is 30.7 Å². The van der Waals surface area contributed by atoms with Gasteiger partial charge in [-0.25, -0.2) is 13.1 Å². The molecule has 2 aromatic carbocycles. The van der Waals surface area contributed by atoms with Crippen molar-refractivity contribution in [3.05, 3.63) is 58.1 Å². The first kappa shape index (κ1) is 20.8. The topological polar surface area (TPSA) is 78.5 Å². The Kier molecular flexibility index (Phi) is 6.74. The molecule has 0 atom stereocenters. The van der Waals surface area contributed by atoms with Gasteiger partial charge < -0.3 is 10.2 Å². The number of hydrogen-bond donors (Lipinski definition) is 2. The summed E-state index contributed by atoms with van der Waals surface area (Å²) in [4.78, 5) is 14.5. The van der Waals surface area contributed by atoms with E-state index in [-0.39, 0.29) is 23.8 Å². The van der Waals surface area contributed by atoms with E-state index in [1.165, 1.54) is 23.4 Å². The highest BCUT2D eigenvalue weighted by atomic mass is 79.9. The van der Waals surface area contributed by atoms with Crippen LogP contribution in [0.15, 0.2) is 51.8 Å². The van der Waals surface area contributed by atoms with Crippen LogP contribution in [0.2, 0.25) is 0 Å². The molecule has 2 aromatic rings. The molecule has 6 nitrogen and oxygen atoms in total. The number of rotatable bonds is 7. The Morgan fingerprint density at radius 3 is 2.68 bits per heavy atom. The third-order valence-corrected chi connectivity index (χ3v) is 6.76. The highest BCUT2D eigenvalue weighted by molar-refractivity contribution is 9.10. The molecule has 0 bridgehead atoms. The lowest BCUT2D eigenvalue weighted by Crippen LogP contribution is -2.30. The lowest BCUT2D eigenvalue weighted by atomic mass is 9.99. The van der Waals surface area contributed by atoms with Crippen LogP contribution < -0.4 is 14.9 Å². The average Bonchev–Trinajstić information content (AvgIpc) is 2.67. The molecule has 3 rings (SSSR count). The molecule has 1 aliphatic rings. The summed E-state index contributed by atoms with van der Waals surface area (Å²) in [6.45, 7) is 1.56. The molecular weight excluding hydrogens is 442 g/mol. The van der Waals surface area contributed by atoms with Crippen molar-refractivity contribution >= 4 is 37.5 Å². The van der Waals surface area contributed by atoms with Crippen LogP contribution in [0.5, 0.6) is 0 Å². The van der Waals surface area contributed by atoms with E-state index >= 15 is 0 Å². The number of nitrogens with zero attached hydrogens (tertiary/aromatic N) is 1. The van der Waals surface area contributed by atoms with Gasteiger partial charge >= 0.3 is 0 Å². The molecule has 0 unspecified atom stereocenters. The van der Waals surface area contributed by atoms with E-state index in [4.69, 9.17) is 0 Å². The van der Waals surface area contributed by atoms with Gasteiger partial charge in [-0.3, -0.25) is 4.79 Å². The Hall–Kier alpha value is -1.90. The van der Waals surface area contributed by atoms with Crippen LogP contribution in [0, 0.1) is 0 Å². The van der Waals surface area contributed by atoms with Crippen molar-refractivity contribution in [3.8, 4) is 0 Å². The van der Waals surface area contributed by atoms with Gasteiger partial charge in [-0.2, -0.15) is 0 Å². The maximum atomic E-state index is 12.2. The number of benzene rings is 2. The lowest BCUT2D eigenvalue weighted by molar-refractivity contribution is -0.121. The second kappa shape index (κ2) is 9.07. The van der Waals surface area contributed by atoms with Crippen molar-refractivity contribution in [2.75, 3.05) is 25.0 Å². The van der Waals surface area contributed by atoms with E-state index < -0.39 is 10.0 Å². The quantitative estimate of drug-likeness (QED) is 0.658. The smallest absolute Gasteiger partial charge is 0.240 e. The highest BCUT2D eigenvalue weighted by Gasteiger charge is 2.15. The molecule has 0 aliphatic carbocycles. The van der Waals surface area contributed by atoms with Gasteiger partial charge in [-0.15, -0.1) is 0 Å². The largest absolute Gasteiger partial charge is 0.374 e. The fraction of sp³-hybridized carbons (Fsp3) is 0.350. The highest BCUT2D eigenvalue weighted by Crippen LogP contribution is 2.26. The Morgan fingerprint density at radius 1 is 1.18 bits per heavy atom. The lowest BCUT2D eigenvalue weighted by Gasteiger charge is -2.27. The molecule has 1 heterocycles. The molecule has 1 amide bonds. The minimum absolute atomic E-state index is 0.0548. The maximum Gasteiger partial charge on any atom is 0.240 e. The van der Waals surface area contributed by atoms with Crippen LogP contribution in [0.25, 0.3) is 0 Å². The van der Waals surface area contributed by atoms with Crippen molar-refractivity contribution in [2.24, 2.45) is 0 Å². The summed E-state index contributed by atoms with van der Waals surface area (Å²) >= 11 is 3.27. The monoisotopic (exact) mass is 465 g/mol. The summed E-state index contributed by atoms with van der Waals surface area (Å²) in [5, 5.41) is 2.86. The van der Waals surface area contributed by atoms with Crippen molar-refractivity contribution < 1.29 is 13.2 Å². The molecule has 8 heteroatoms. The number of fused-ring (bicyclic) bond motifs is 1. The average molecular weight is 466 g/mol. The predicted molar refractivity (Wildman–Crippen MR) is 114 cm³/mol. The number of nitrogens with one attached hydrogen (secondary N) is 2. The number of carbonyl (C=O) groups excluding carboxylic acids is 1. The number of carbonyl (C=O) groups is 1. The normalized spacial score (nSPS) is 13.9. The van der Waals surface area contributed by atoms with Crippen LogP contribution in [0.3, 0.4) is 0 Å². The maximum absolute atomic E-state index is 12.2. The van der Waals surface area contributed by atoms with Gasteiger partial charge in [0.15, 0.2) is 0 Å². The van der Waals surface area contributed by atoms with Crippen LogP contribution in [0.4, 0.5) is 5.69 Å². The zero-order valence-corrected chi connectivity index (χ0v) is 18.1. The molecule has 150 valence electrons. The van der Waals surface area contributed by atoms with Crippen LogP contribution in [-0.4, -0.2) is 34.5 Å². The number of amides is 1. The molecule has 0 fully saturated rings. The van der Waals surface area contributed by atoms with E-state index in [9.17, 15) is 13.2 Å². The molecule has 28 heavy (non-hydrogen) atoms. The summed E-state index contributed by atoms with van der Waals surface area (Å²) in [5.41, 5.74) is 3.62. The molecule has 0 spiro atoms. The molecule has 0 aromatic heterocycles. The van der Waals surface area contributed by atoms with Crippen LogP contribution in [0.1, 0.15) is 24.0 Å². The van der Waals surface area contributed by atoms with E-state index in [0.29, 0.717) is 6.54 Å². The van der Waals surface area contributed by atoms with Crippen molar-refractivity contribution in [3.63, 3.8) is 0 Å². The predicted octanol–water partition coefficient (Wildman–Crippen LogP) is 2.82. The summed E-state index contributed by atoms with van der Waals surface area (Å²) in [6.07, 6.45) is 2.28. The molecule has 0 radical (unpaired) electrons. The summed E-state index contributed by atoms with van der Waals surface area (Å²) in [5.74, 6) is -0.187. The van der Waals surface area contributed by atoms with Crippen molar-refractivity contribution in [1.82, 2.24) is 10.0 Å². The molecular formula is C20H24BrN3O3S. The van der Waals surface area contributed by atoms with Crippen LogP contribution >= 0.6 is 15.9 Å². The van der Waals surface area contributed by atoms with Gasteiger partial charge in [-0.1, -0.05) is 28.1 Å². The molecule has 0 saturated carbocycles. The SMILES string of the molecule is CN1CCCc2cc(CNC(=O)CCNS(=O)(=O)c3ccc(Br)cc3)ccc21. The van der Waals surface area contributed by atoms with Gasteiger partial charge in [0.05, 0.1) is 4.90 Å². The zero-order chi connectivity index (χ0) is 20.1. The first-order valence-electron chi connectivity index (χ1n) is 9.20. The fourth-order valence-corrected chi connectivity index (χ4v) is 4.53. The fourth-order valence-electron chi connectivity index (χ4n) is 3.23. The number of aryl methyl sites for hydroxylation is 1. The van der Waals surface area contributed by atoms with E-state index in [1.54, 1.807) is 12.1 Å². The molecule has 0 saturated heterocycles. The first-order chi connectivity index (χ1) is 13.3. The number of sulfonamides is 1. The summed E-state index contributed by atoms with van der Waals surface area (Å²) < 4.78 is 27.7. The van der Waals surface area contributed by atoms with Gasteiger partial charge in [-0.05, 0) is 54.3 Å². The Balaban J connectivity index is 1.46. The van der Waals surface area contributed by atoms with Gasteiger partial charge in [0.1, 0.15) is 0 Å². The van der Waals surface area contributed by atoms with E-state index in [1.807, 2.05) is 6.07 Å². The molecule has 2 N–H and O–H groups in total. The van der Waals surface area contributed by atoms with Gasteiger partial charge in [0, 0.05) is 43.3 Å². The zero-order valence-electron chi connectivity index (χ0n) is 15.7. The molecule has 1 aliphatic heterocycles. The minimum Gasteiger partial charge on any atom is -0.374 e. The van der Waals surface area contributed by atoms with Crippen molar-refractivity contribution in [1.29, 1.82) is 0 Å². The minimum atomic E-state index is -3.61. The standard InChI is InChI=1S/C20H24BrN3O3S/c1-24-12-2-3-16-13-15(4-9-19(16)24)14-22-20(25)10-11-23-28(26,27)18-7-5-17(21)6-8-18/h4-9,13,23H,2-3,10-12,14H2,1H3,(H,22,25). The second-order valence-corrected chi connectivity index (χ2v) is 9.55. The summed E-state index contributed by atoms with van der Waals surface area (Å²) in [6, 6.07) is 12.6. The Bertz CT molecular complexity index is 946. The third kappa shape index (κ3) is 5.33. The third-order valence-electron chi connectivity index (χ3n) is 4.75. The van der Waals surface area contributed by atoms with Gasteiger partial charge in [0.2, 0.25) is 15.9 Å².